The number of halogens is 1. The van der Waals surface area contributed by atoms with Crippen LogP contribution in [0.15, 0.2) is 71.2 Å². The van der Waals surface area contributed by atoms with Crippen molar-refractivity contribution in [3.63, 3.8) is 0 Å². The van der Waals surface area contributed by atoms with E-state index in [1.54, 1.807) is 0 Å². The predicted octanol–water partition coefficient (Wildman–Crippen LogP) is 4.71. The van der Waals surface area contributed by atoms with E-state index >= 15 is 0 Å². The van der Waals surface area contributed by atoms with Crippen LogP contribution in [-0.4, -0.2) is 48.7 Å². The first-order valence-electron chi connectivity index (χ1n) is 11.0. The summed E-state index contributed by atoms with van der Waals surface area (Å²) in [7, 11) is 0. The Bertz CT molecular complexity index is 1130. The van der Waals surface area contributed by atoms with Crippen LogP contribution < -0.4 is 14.2 Å². The van der Waals surface area contributed by atoms with Gasteiger partial charge in [0, 0.05) is 38.3 Å². The van der Waals surface area contributed by atoms with Crippen LogP contribution in [0.5, 0.6) is 17.2 Å². The van der Waals surface area contributed by atoms with Crippen molar-refractivity contribution in [2.75, 3.05) is 33.0 Å². The number of hydrogen-bond acceptors (Lipinski definition) is 5. The zero-order valence-corrected chi connectivity index (χ0v) is 19.8. The molecule has 5 rings (SSSR count). The molecular weight excluding hydrogens is 484 g/mol. The van der Waals surface area contributed by atoms with Gasteiger partial charge in [0.1, 0.15) is 12.4 Å². The standard InChI is InChI=1S/C26H25BrN2O4/c27-22-3-1-2-4-23(22)31-17-19-5-8-21(9-6-19)26(30)29-13-11-28(12-14-29)16-20-7-10-24-25(15-20)33-18-32-24/h1-10,15H,11-14,16-18H2. The molecule has 170 valence electrons. The van der Waals surface area contributed by atoms with E-state index in [9.17, 15) is 4.79 Å². The molecule has 3 aromatic rings. The summed E-state index contributed by atoms with van der Waals surface area (Å²) < 4.78 is 17.6. The summed E-state index contributed by atoms with van der Waals surface area (Å²) >= 11 is 3.49. The van der Waals surface area contributed by atoms with Gasteiger partial charge in [-0.05, 0) is 63.5 Å². The van der Waals surface area contributed by atoms with Crippen molar-refractivity contribution >= 4 is 21.8 Å². The fourth-order valence-corrected chi connectivity index (χ4v) is 4.45. The van der Waals surface area contributed by atoms with Crippen molar-refractivity contribution in [3.8, 4) is 17.2 Å². The third-order valence-electron chi connectivity index (χ3n) is 5.93. The lowest BCUT2D eigenvalue weighted by Crippen LogP contribution is -2.48. The molecule has 1 fully saturated rings. The van der Waals surface area contributed by atoms with Gasteiger partial charge in [0.2, 0.25) is 6.79 Å². The van der Waals surface area contributed by atoms with Crippen molar-refractivity contribution in [2.24, 2.45) is 0 Å². The first-order valence-corrected chi connectivity index (χ1v) is 11.8. The van der Waals surface area contributed by atoms with Crippen molar-refractivity contribution < 1.29 is 19.0 Å². The number of amides is 1. The molecule has 7 heteroatoms. The quantitative estimate of drug-likeness (QED) is 0.482. The Hall–Kier alpha value is -3.03. The Labute approximate surface area is 201 Å². The van der Waals surface area contributed by atoms with E-state index in [1.165, 1.54) is 5.56 Å². The van der Waals surface area contributed by atoms with Gasteiger partial charge in [-0.25, -0.2) is 0 Å². The third-order valence-corrected chi connectivity index (χ3v) is 6.59. The van der Waals surface area contributed by atoms with Crippen LogP contribution in [0.1, 0.15) is 21.5 Å². The molecule has 2 aliphatic rings. The number of nitrogens with zero attached hydrogens (tertiary/aromatic N) is 2. The lowest BCUT2D eigenvalue weighted by Gasteiger charge is -2.34. The van der Waals surface area contributed by atoms with Crippen LogP contribution in [0, 0.1) is 0 Å². The fraction of sp³-hybridized carbons (Fsp3) is 0.269. The number of carbonyl (C=O) groups excluding carboxylic acids is 1. The van der Waals surface area contributed by atoms with Gasteiger partial charge in [-0.1, -0.05) is 30.3 Å². The number of rotatable bonds is 6. The number of para-hydroxylation sites is 1. The molecule has 0 N–H and O–H groups in total. The van der Waals surface area contributed by atoms with Crippen molar-refractivity contribution in [1.82, 2.24) is 9.80 Å². The summed E-state index contributed by atoms with van der Waals surface area (Å²) in [4.78, 5) is 17.3. The van der Waals surface area contributed by atoms with Gasteiger partial charge in [0.05, 0.1) is 4.47 Å². The van der Waals surface area contributed by atoms with Gasteiger partial charge in [-0.2, -0.15) is 0 Å². The lowest BCUT2D eigenvalue weighted by atomic mass is 10.1. The largest absolute Gasteiger partial charge is 0.488 e. The molecule has 0 atom stereocenters. The second-order valence-electron chi connectivity index (χ2n) is 8.17. The van der Waals surface area contributed by atoms with Crippen LogP contribution >= 0.6 is 15.9 Å². The van der Waals surface area contributed by atoms with Crippen LogP contribution in [0.4, 0.5) is 0 Å². The first-order chi connectivity index (χ1) is 16.2. The van der Waals surface area contributed by atoms with Crippen LogP contribution in [0.3, 0.4) is 0 Å². The Kier molecular flexibility index (Phi) is 6.51. The second kappa shape index (κ2) is 9.85. The maximum atomic E-state index is 13.0. The average Bonchev–Trinajstić information content (AvgIpc) is 3.32. The SMILES string of the molecule is O=C(c1ccc(COc2ccccc2Br)cc1)N1CCN(Cc2ccc3c(c2)OCO3)CC1. The van der Waals surface area contributed by atoms with E-state index in [2.05, 4.69) is 26.9 Å². The summed E-state index contributed by atoms with van der Waals surface area (Å²) in [6, 6.07) is 21.5. The highest BCUT2D eigenvalue weighted by Crippen LogP contribution is 2.33. The highest BCUT2D eigenvalue weighted by atomic mass is 79.9. The molecule has 2 heterocycles. The van der Waals surface area contributed by atoms with Gasteiger partial charge in [0.25, 0.3) is 5.91 Å². The van der Waals surface area contributed by atoms with Gasteiger partial charge in [-0.15, -0.1) is 0 Å². The molecule has 0 bridgehead atoms. The van der Waals surface area contributed by atoms with Crippen LogP contribution in [0.2, 0.25) is 0 Å². The van der Waals surface area contributed by atoms with Gasteiger partial charge >= 0.3 is 0 Å². The van der Waals surface area contributed by atoms with Gasteiger partial charge < -0.3 is 19.1 Å². The molecule has 1 saturated heterocycles. The van der Waals surface area contributed by atoms with Gasteiger partial charge in [-0.3, -0.25) is 9.69 Å². The Morgan fingerprint density at radius 1 is 0.879 bits per heavy atom. The van der Waals surface area contributed by atoms with E-state index < -0.39 is 0 Å². The lowest BCUT2D eigenvalue weighted by molar-refractivity contribution is 0.0628. The fourth-order valence-electron chi connectivity index (χ4n) is 4.06. The number of carbonyl (C=O) groups is 1. The highest BCUT2D eigenvalue weighted by molar-refractivity contribution is 9.10. The van der Waals surface area contributed by atoms with E-state index in [1.807, 2.05) is 65.6 Å². The summed E-state index contributed by atoms with van der Waals surface area (Å²) in [6.45, 7) is 4.71. The number of benzene rings is 3. The van der Waals surface area contributed by atoms with E-state index in [0.717, 1.165) is 60.0 Å². The minimum atomic E-state index is 0.0796. The Morgan fingerprint density at radius 2 is 1.61 bits per heavy atom. The third kappa shape index (κ3) is 5.15. The van der Waals surface area contributed by atoms with Crippen LogP contribution in [-0.2, 0) is 13.2 Å². The molecule has 0 spiro atoms. The molecule has 6 nitrogen and oxygen atoms in total. The van der Waals surface area contributed by atoms with Gasteiger partial charge in [0.15, 0.2) is 11.5 Å². The maximum absolute atomic E-state index is 13.0. The number of ether oxygens (including phenoxy) is 3. The number of fused-ring (bicyclic) bond motifs is 1. The Balaban J connectivity index is 1.12. The average molecular weight is 509 g/mol. The monoisotopic (exact) mass is 508 g/mol. The van der Waals surface area contributed by atoms with E-state index in [-0.39, 0.29) is 5.91 Å². The summed E-state index contributed by atoms with van der Waals surface area (Å²) in [5.74, 6) is 2.50. The molecule has 1 amide bonds. The van der Waals surface area contributed by atoms with Crippen molar-refractivity contribution in [2.45, 2.75) is 13.2 Å². The molecule has 2 aliphatic heterocycles. The molecule has 33 heavy (non-hydrogen) atoms. The summed E-state index contributed by atoms with van der Waals surface area (Å²) in [5.41, 5.74) is 2.93. The normalized spacial score (nSPS) is 15.5. The number of piperazine rings is 1. The molecule has 3 aromatic carbocycles. The van der Waals surface area contributed by atoms with Crippen LogP contribution in [0.25, 0.3) is 0 Å². The summed E-state index contributed by atoms with van der Waals surface area (Å²) in [6.07, 6.45) is 0. The summed E-state index contributed by atoms with van der Waals surface area (Å²) in [5, 5.41) is 0. The minimum Gasteiger partial charge on any atom is -0.488 e. The second-order valence-corrected chi connectivity index (χ2v) is 9.03. The van der Waals surface area contributed by atoms with E-state index in [4.69, 9.17) is 14.2 Å². The van der Waals surface area contributed by atoms with E-state index in [0.29, 0.717) is 19.0 Å². The highest BCUT2D eigenvalue weighted by Gasteiger charge is 2.23. The molecule has 0 unspecified atom stereocenters. The molecule has 0 radical (unpaired) electrons. The van der Waals surface area contributed by atoms with Crippen molar-refractivity contribution in [1.29, 1.82) is 0 Å². The zero-order chi connectivity index (χ0) is 22.6. The zero-order valence-electron chi connectivity index (χ0n) is 18.2. The molecule has 0 saturated carbocycles. The topological polar surface area (TPSA) is 51.2 Å². The predicted molar refractivity (Wildman–Crippen MR) is 129 cm³/mol. The first kappa shape index (κ1) is 21.8. The maximum Gasteiger partial charge on any atom is 0.253 e. The number of hydrogen-bond donors (Lipinski definition) is 0. The minimum absolute atomic E-state index is 0.0796. The molecule has 0 aliphatic carbocycles. The Morgan fingerprint density at radius 3 is 2.39 bits per heavy atom. The molecular formula is C26H25BrN2O4. The smallest absolute Gasteiger partial charge is 0.253 e. The van der Waals surface area contributed by atoms with Crippen molar-refractivity contribution in [3.05, 3.63) is 87.9 Å². The molecule has 0 aromatic heterocycles.